The monoisotopic (exact) mass is 436 g/mol. The summed E-state index contributed by atoms with van der Waals surface area (Å²) in [6.45, 7) is 3.41. The normalized spacial score (nSPS) is 12.4. The Labute approximate surface area is 168 Å². The Hall–Kier alpha value is -2.69. The first kappa shape index (κ1) is 21.0. The minimum atomic E-state index is -4.01. The Kier molecular flexibility index (Phi) is 5.28. The molecule has 3 aromatic rings. The molecule has 1 heterocycles. The zero-order chi connectivity index (χ0) is 21.6. The van der Waals surface area contributed by atoms with Gasteiger partial charge in [-0.15, -0.1) is 0 Å². The lowest BCUT2D eigenvalue weighted by Crippen LogP contribution is -2.23. The lowest BCUT2D eigenvalue weighted by molar-refractivity contribution is 0.520. The highest BCUT2D eigenvalue weighted by Gasteiger charge is 2.22. The third-order valence-electron chi connectivity index (χ3n) is 4.56. The van der Waals surface area contributed by atoms with Gasteiger partial charge < -0.3 is 4.42 Å². The van der Waals surface area contributed by atoms with E-state index in [4.69, 9.17) is 4.42 Å². The molecule has 0 fully saturated rings. The van der Waals surface area contributed by atoms with Crippen LogP contribution in [0.5, 0.6) is 0 Å². The molecule has 10 heteroatoms. The summed E-state index contributed by atoms with van der Waals surface area (Å²) in [5.74, 6) is 0. The van der Waals surface area contributed by atoms with Gasteiger partial charge in [-0.1, -0.05) is 0 Å². The number of anilines is 1. The van der Waals surface area contributed by atoms with Gasteiger partial charge >= 0.3 is 5.63 Å². The van der Waals surface area contributed by atoms with Crippen LogP contribution in [0.2, 0.25) is 0 Å². The Morgan fingerprint density at radius 3 is 2.24 bits per heavy atom. The second-order valence-electron chi connectivity index (χ2n) is 6.76. The smallest absolute Gasteiger partial charge is 0.336 e. The van der Waals surface area contributed by atoms with Gasteiger partial charge in [0.05, 0.1) is 15.5 Å². The van der Waals surface area contributed by atoms with E-state index in [1.54, 1.807) is 13.8 Å². The summed E-state index contributed by atoms with van der Waals surface area (Å²) < 4.78 is 59.3. The summed E-state index contributed by atoms with van der Waals surface area (Å²) in [5.41, 5.74) is 1.15. The first-order valence-electron chi connectivity index (χ1n) is 8.52. The van der Waals surface area contributed by atoms with E-state index in [1.165, 1.54) is 56.6 Å². The van der Waals surface area contributed by atoms with Crippen molar-refractivity contribution in [2.24, 2.45) is 0 Å². The molecule has 0 spiro atoms. The van der Waals surface area contributed by atoms with Crippen LogP contribution in [0.15, 0.2) is 61.5 Å². The number of hydrogen-bond donors (Lipinski definition) is 1. The van der Waals surface area contributed by atoms with Gasteiger partial charge in [-0.05, 0) is 61.4 Å². The molecule has 1 N–H and O–H groups in total. The maximum absolute atomic E-state index is 12.9. The van der Waals surface area contributed by atoms with Crippen molar-refractivity contribution >= 4 is 36.7 Å². The van der Waals surface area contributed by atoms with E-state index in [2.05, 4.69) is 4.72 Å². The highest BCUT2D eigenvalue weighted by Crippen LogP contribution is 2.28. The summed E-state index contributed by atoms with van der Waals surface area (Å²) >= 11 is 0. The van der Waals surface area contributed by atoms with Crippen molar-refractivity contribution in [3.63, 3.8) is 0 Å². The number of rotatable bonds is 5. The Balaban J connectivity index is 2.08. The summed E-state index contributed by atoms with van der Waals surface area (Å²) in [6, 6.07) is 9.57. The van der Waals surface area contributed by atoms with E-state index in [9.17, 15) is 21.6 Å². The fraction of sp³-hybridized carbons (Fsp3) is 0.211. The van der Waals surface area contributed by atoms with Crippen molar-refractivity contribution in [3.8, 4) is 0 Å². The first-order valence-corrected chi connectivity index (χ1v) is 11.4. The summed E-state index contributed by atoms with van der Waals surface area (Å²) in [6.07, 6.45) is 0. The molecule has 0 aliphatic rings. The second-order valence-corrected chi connectivity index (χ2v) is 10.6. The van der Waals surface area contributed by atoms with E-state index in [-0.39, 0.29) is 21.1 Å². The molecule has 0 radical (unpaired) electrons. The van der Waals surface area contributed by atoms with Crippen LogP contribution < -0.4 is 10.3 Å². The molecular formula is C19H20N2O6S2. The lowest BCUT2D eigenvalue weighted by atomic mass is 10.1. The predicted molar refractivity (Wildman–Crippen MR) is 110 cm³/mol. The first-order chi connectivity index (χ1) is 13.4. The van der Waals surface area contributed by atoms with E-state index in [0.717, 1.165) is 4.31 Å². The average molecular weight is 437 g/mol. The van der Waals surface area contributed by atoms with Crippen molar-refractivity contribution in [3.05, 3.63) is 64.0 Å². The van der Waals surface area contributed by atoms with Crippen LogP contribution in [0.25, 0.3) is 11.0 Å². The SMILES string of the molecule is Cc1cc(S(=O)(=O)N(C)C)cc(NS(=O)(=O)c2ccc3oc(=O)ccc3c2)c1C. The number of fused-ring (bicyclic) bond motifs is 1. The summed E-state index contributed by atoms with van der Waals surface area (Å²) in [5, 5.41) is 0.448. The van der Waals surface area contributed by atoms with Gasteiger partial charge in [0.2, 0.25) is 10.0 Å². The molecular weight excluding hydrogens is 416 g/mol. The fourth-order valence-corrected chi connectivity index (χ4v) is 4.88. The molecule has 29 heavy (non-hydrogen) atoms. The van der Waals surface area contributed by atoms with Gasteiger partial charge in [0.1, 0.15) is 5.58 Å². The van der Waals surface area contributed by atoms with Crippen LogP contribution >= 0.6 is 0 Å². The minimum Gasteiger partial charge on any atom is -0.423 e. The molecule has 0 saturated heterocycles. The molecule has 0 aliphatic heterocycles. The van der Waals surface area contributed by atoms with Crippen molar-refractivity contribution in [1.29, 1.82) is 0 Å². The lowest BCUT2D eigenvalue weighted by Gasteiger charge is -2.17. The van der Waals surface area contributed by atoms with Gasteiger partial charge in [0, 0.05) is 25.5 Å². The Bertz CT molecular complexity index is 1370. The molecule has 0 unspecified atom stereocenters. The standard InChI is InChI=1S/C19H20N2O6S2/c1-12-9-16(29(25,26)21(3)4)11-17(13(12)2)20-28(23,24)15-6-7-18-14(10-15)5-8-19(22)27-18/h5-11,20H,1-4H3. The molecule has 1 aromatic heterocycles. The zero-order valence-electron chi connectivity index (χ0n) is 16.3. The van der Waals surface area contributed by atoms with Crippen molar-refractivity contribution in [2.75, 3.05) is 18.8 Å². The Morgan fingerprint density at radius 1 is 0.897 bits per heavy atom. The van der Waals surface area contributed by atoms with E-state index >= 15 is 0 Å². The molecule has 3 rings (SSSR count). The molecule has 154 valence electrons. The van der Waals surface area contributed by atoms with Crippen molar-refractivity contribution in [1.82, 2.24) is 4.31 Å². The van der Waals surface area contributed by atoms with E-state index in [0.29, 0.717) is 16.5 Å². The fourth-order valence-electron chi connectivity index (χ4n) is 2.71. The maximum Gasteiger partial charge on any atom is 0.336 e. The van der Waals surface area contributed by atoms with E-state index in [1.807, 2.05) is 0 Å². The largest absolute Gasteiger partial charge is 0.423 e. The zero-order valence-corrected chi connectivity index (χ0v) is 17.9. The van der Waals surface area contributed by atoms with Crippen molar-refractivity contribution < 1.29 is 21.3 Å². The number of nitrogens with one attached hydrogen (secondary N) is 1. The maximum atomic E-state index is 12.9. The number of hydrogen-bond acceptors (Lipinski definition) is 6. The molecule has 0 bridgehead atoms. The molecule has 2 aromatic carbocycles. The van der Waals surface area contributed by atoms with Crippen LogP contribution in [-0.4, -0.2) is 35.2 Å². The van der Waals surface area contributed by atoms with Gasteiger partial charge in [0.25, 0.3) is 10.0 Å². The number of aryl methyl sites for hydroxylation is 1. The third kappa shape index (κ3) is 4.04. The highest BCUT2D eigenvalue weighted by atomic mass is 32.2. The number of sulfonamides is 2. The summed E-state index contributed by atoms with van der Waals surface area (Å²) in [4.78, 5) is 11.2. The molecule has 0 saturated carbocycles. The Morgan fingerprint density at radius 2 is 1.59 bits per heavy atom. The quantitative estimate of drug-likeness (QED) is 0.615. The minimum absolute atomic E-state index is 0.0106. The van der Waals surface area contributed by atoms with Crippen LogP contribution in [0.1, 0.15) is 11.1 Å². The van der Waals surface area contributed by atoms with Gasteiger partial charge in [-0.25, -0.2) is 25.9 Å². The molecule has 8 nitrogen and oxygen atoms in total. The third-order valence-corrected chi connectivity index (χ3v) is 7.72. The molecule has 0 amide bonds. The van der Waals surface area contributed by atoms with Gasteiger partial charge in [0.15, 0.2) is 0 Å². The number of nitrogens with zero attached hydrogens (tertiary/aromatic N) is 1. The van der Waals surface area contributed by atoms with Crippen LogP contribution in [0, 0.1) is 13.8 Å². The van der Waals surface area contributed by atoms with Crippen LogP contribution in [0.3, 0.4) is 0 Å². The summed E-state index contributed by atoms with van der Waals surface area (Å²) in [7, 11) is -4.94. The van der Waals surface area contributed by atoms with Crippen molar-refractivity contribution in [2.45, 2.75) is 23.6 Å². The molecule has 0 atom stereocenters. The van der Waals surface area contributed by atoms with E-state index < -0.39 is 25.7 Å². The average Bonchev–Trinajstić information content (AvgIpc) is 2.64. The van der Waals surface area contributed by atoms with Gasteiger partial charge in [-0.2, -0.15) is 0 Å². The predicted octanol–water partition coefficient (Wildman–Crippen LogP) is 2.46. The molecule has 0 aliphatic carbocycles. The van der Waals surface area contributed by atoms with Gasteiger partial charge in [-0.3, -0.25) is 4.72 Å². The highest BCUT2D eigenvalue weighted by molar-refractivity contribution is 7.92. The second kappa shape index (κ2) is 7.29. The van der Waals surface area contributed by atoms with Crippen LogP contribution in [0.4, 0.5) is 5.69 Å². The number of benzene rings is 2. The topological polar surface area (TPSA) is 114 Å². The van der Waals surface area contributed by atoms with Crippen LogP contribution in [-0.2, 0) is 20.0 Å².